The van der Waals surface area contributed by atoms with Gasteiger partial charge in [-0.05, 0) is 43.7 Å². The first-order chi connectivity index (χ1) is 16.1. The predicted molar refractivity (Wildman–Crippen MR) is 121 cm³/mol. The summed E-state index contributed by atoms with van der Waals surface area (Å²) < 4.78 is 47.9. The number of aromatic nitrogens is 3. The van der Waals surface area contributed by atoms with Gasteiger partial charge >= 0.3 is 6.18 Å². The van der Waals surface area contributed by atoms with Crippen LogP contribution in [0.5, 0.6) is 0 Å². The Hall–Kier alpha value is -3.11. The zero-order valence-electron chi connectivity index (χ0n) is 18.5. The topological polar surface area (TPSA) is 72.3 Å². The van der Waals surface area contributed by atoms with E-state index in [1.165, 1.54) is 24.3 Å². The smallest absolute Gasteiger partial charge is 0.372 e. The number of benzene rings is 1. The van der Waals surface area contributed by atoms with Gasteiger partial charge in [-0.15, -0.1) is 0 Å². The van der Waals surface area contributed by atoms with Gasteiger partial charge in [0.15, 0.2) is 5.69 Å². The summed E-state index contributed by atoms with van der Waals surface area (Å²) >= 11 is 5.91. The fraction of sp³-hybridized carbons (Fsp3) is 0.348. The van der Waals surface area contributed by atoms with E-state index >= 15 is 0 Å². The second kappa shape index (κ2) is 9.63. The number of pyridine rings is 1. The predicted octanol–water partition coefficient (Wildman–Crippen LogP) is 4.48. The second-order valence-electron chi connectivity index (χ2n) is 8.17. The van der Waals surface area contributed by atoms with E-state index in [1.807, 2.05) is 19.9 Å². The number of hydrogen-bond donors (Lipinski definition) is 1. The summed E-state index contributed by atoms with van der Waals surface area (Å²) in [5, 5.41) is 6.57. The molecule has 34 heavy (non-hydrogen) atoms. The van der Waals surface area contributed by atoms with Crippen LogP contribution in [-0.4, -0.2) is 46.0 Å². The van der Waals surface area contributed by atoms with Gasteiger partial charge in [0.1, 0.15) is 5.82 Å². The van der Waals surface area contributed by atoms with Crippen molar-refractivity contribution in [1.29, 1.82) is 0 Å². The van der Waals surface area contributed by atoms with E-state index in [-0.39, 0.29) is 29.5 Å². The molecule has 3 aromatic rings. The summed E-state index contributed by atoms with van der Waals surface area (Å²) in [6.07, 6.45) is -2.14. The van der Waals surface area contributed by atoms with Crippen LogP contribution < -0.4 is 10.2 Å². The van der Waals surface area contributed by atoms with Crippen LogP contribution in [0.1, 0.15) is 35.5 Å². The number of carbonyl (C=O) groups excluding carboxylic acids is 1. The first-order valence-corrected chi connectivity index (χ1v) is 11.0. The summed E-state index contributed by atoms with van der Waals surface area (Å²) in [6, 6.07) is 9.43. The van der Waals surface area contributed by atoms with Crippen molar-refractivity contribution < 1.29 is 22.7 Å². The van der Waals surface area contributed by atoms with E-state index in [0.717, 1.165) is 12.0 Å². The standard InChI is InChI=1S/C23H23ClF3N5O2/c1-14-12-31(13-15(2)34-14)20-7-6-16(9-28-20)10-29-22(33)19-11-30-32(21(19)23(25,26)27)18-5-3-4-17(24)8-18/h3-9,11,14-15H,10,12-13H2,1-2H3,(H,29,33). The van der Waals surface area contributed by atoms with E-state index in [9.17, 15) is 18.0 Å². The molecule has 1 aliphatic rings. The molecule has 3 heterocycles. The third kappa shape index (κ3) is 5.34. The van der Waals surface area contributed by atoms with Crippen LogP contribution in [-0.2, 0) is 17.5 Å². The first-order valence-electron chi connectivity index (χ1n) is 10.7. The second-order valence-corrected chi connectivity index (χ2v) is 8.60. The molecule has 0 saturated carbocycles. The van der Waals surface area contributed by atoms with Gasteiger partial charge in [-0.2, -0.15) is 18.3 Å². The highest BCUT2D eigenvalue weighted by atomic mass is 35.5. The van der Waals surface area contributed by atoms with Crippen molar-refractivity contribution in [2.75, 3.05) is 18.0 Å². The van der Waals surface area contributed by atoms with Gasteiger partial charge in [-0.25, -0.2) is 9.67 Å². The fourth-order valence-electron chi connectivity index (χ4n) is 3.94. The molecule has 11 heteroatoms. The lowest BCUT2D eigenvalue weighted by atomic mass is 10.2. The molecule has 7 nitrogen and oxygen atoms in total. The number of nitrogens with one attached hydrogen (secondary N) is 1. The third-order valence-corrected chi connectivity index (χ3v) is 5.58. The normalized spacial score (nSPS) is 18.7. The molecule has 2 unspecified atom stereocenters. The van der Waals surface area contributed by atoms with Gasteiger partial charge in [0, 0.05) is 30.9 Å². The third-order valence-electron chi connectivity index (χ3n) is 5.34. The molecule has 180 valence electrons. The van der Waals surface area contributed by atoms with Crippen molar-refractivity contribution in [1.82, 2.24) is 20.1 Å². The Labute approximate surface area is 199 Å². The molecule has 0 spiro atoms. The first kappa shape index (κ1) is 24.0. The van der Waals surface area contributed by atoms with Crippen molar-refractivity contribution in [3.63, 3.8) is 0 Å². The highest BCUT2D eigenvalue weighted by Crippen LogP contribution is 2.34. The maximum atomic E-state index is 13.8. The lowest BCUT2D eigenvalue weighted by Crippen LogP contribution is -2.45. The minimum Gasteiger partial charge on any atom is -0.372 e. The van der Waals surface area contributed by atoms with Crippen LogP contribution in [0.3, 0.4) is 0 Å². The van der Waals surface area contributed by atoms with Crippen molar-refractivity contribution in [3.05, 3.63) is 70.6 Å². The molecule has 1 amide bonds. The van der Waals surface area contributed by atoms with Gasteiger partial charge in [0.25, 0.3) is 5.91 Å². The van der Waals surface area contributed by atoms with E-state index in [2.05, 4.69) is 20.3 Å². The molecule has 0 bridgehead atoms. The Bertz CT molecular complexity index is 1160. The number of halogens is 4. The van der Waals surface area contributed by atoms with E-state index in [4.69, 9.17) is 16.3 Å². The van der Waals surface area contributed by atoms with Crippen molar-refractivity contribution in [2.45, 2.75) is 38.8 Å². The highest BCUT2D eigenvalue weighted by Gasteiger charge is 2.40. The van der Waals surface area contributed by atoms with Crippen LogP contribution in [0.2, 0.25) is 5.02 Å². The number of amides is 1. The van der Waals surface area contributed by atoms with Gasteiger partial charge in [0.2, 0.25) is 0 Å². The number of ether oxygens (including phenoxy) is 1. The number of hydrogen-bond acceptors (Lipinski definition) is 5. The van der Waals surface area contributed by atoms with Crippen molar-refractivity contribution in [2.24, 2.45) is 0 Å². The average Bonchev–Trinajstić information content (AvgIpc) is 3.23. The number of alkyl halides is 3. The molecule has 0 aliphatic carbocycles. The van der Waals surface area contributed by atoms with Gasteiger partial charge in [0.05, 0.1) is 29.7 Å². The Balaban J connectivity index is 1.48. The van der Waals surface area contributed by atoms with Crippen molar-refractivity contribution >= 4 is 23.3 Å². The fourth-order valence-corrected chi connectivity index (χ4v) is 4.13. The molecule has 0 radical (unpaired) electrons. The van der Waals surface area contributed by atoms with Crippen LogP contribution in [0.4, 0.5) is 19.0 Å². The molecule has 1 aliphatic heterocycles. The monoisotopic (exact) mass is 493 g/mol. The quantitative estimate of drug-likeness (QED) is 0.567. The SMILES string of the molecule is CC1CN(c2ccc(CNC(=O)c3cnn(-c4cccc(Cl)c4)c3C(F)(F)F)cn2)CC(C)O1. The Morgan fingerprint density at radius 3 is 2.53 bits per heavy atom. The molecule has 1 fully saturated rings. The Morgan fingerprint density at radius 2 is 1.91 bits per heavy atom. The molecule has 1 aromatic carbocycles. The van der Waals surface area contributed by atoms with Gasteiger partial charge < -0.3 is 15.0 Å². The summed E-state index contributed by atoms with van der Waals surface area (Å²) in [6.45, 7) is 5.43. The Morgan fingerprint density at radius 1 is 1.18 bits per heavy atom. The van der Waals surface area contributed by atoms with Crippen LogP contribution in [0.15, 0.2) is 48.8 Å². The summed E-state index contributed by atoms with van der Waals surface area (Å²) in [5.41, 5.74) is -0.989. The number of rotatable bonds is 5. The number of anilines is 1. The minimum absolute atomic E-state index is 0.0155. The highest BCUT2D eigenvalue weighted by molar-refractivity contribution is 6.30. The maximum Gasteiger partial charge on any atom is 0.434 e. The maximum absolute atomic E-state index is 13.8. The van der Waals surface area contributed by atoms with Gasteiger partial charge in [-0.1, -0.05) is 23.7 Å². The molecule has 1 N–H and O–H groups in total. The average molecular weight is 494 g/mol. The molecular weight excluding hydrogens is 471 g/mol. The minimum atomic E-state index is -4.80. The zero-order valence-corrected chi connectivity index (χ0v) is 19.3. The molecule has 4 rings (SSSR count). The molecule has 1 saturated heterocycles. The summed E-state index contributed by atoms with van der Waals surface area (Å²) in [5.74, 6) is -0.111. The molecule has 2 atom stereocenters. The van der Waals surface area contributed by atoms with Crippen LogP contribution in [0, 0.1) is 0 Å². The molecular formula is C23H23ClF3N5O2. The lowest BCUT2D eigenvalue weighted by molar-refractivity contribution is -0.143. The Kier molecular flexibility index (Phi) is 6.81. The summed E-state index contributed by atoms with van der Waals surface area (Å²) in [7, 11) is 0. The number of carbonyl (C=O) groups is 1. The van der Waals surface area contributed by atoms with Crippen LogP contribution >= 0.6 is 11.6 Å². The van der Waals surface area contributed by atoms with Gasteiger partial charge in [-0.3, -0.25) is 4.79 Å². The van der Waals surface area contributed by atoms with E-state index in [0.29, 0.717) is 23.3 Å². The van der Waals surface area contributed by atoms with E-state index < -0.39 is 23.3 Å². The summed E-state index contributed by atoms with van der Waals surface area (Å²) in [4.78, 5) is 19.2. The molecule has 2 aromatic heterocycles. The lowest BCUT2D eigenvalue weighted by Gasteiger charge is -2.36. The zero-order chi connectivity index (χ0) is 24.5. The number of nitrogens with zero attached hydrogens (tertiary/aromatic N) is 4. The van der Waals surface area contributed by atoms with Crippen LogP contribution in [0.25, 0.3) is 5.69 Å². The van der Waals surface area contributed by atoms with Crippen molar-refractivity contribution in [3.8, 4) is 5.69 Å². The van der Waals surface area contributed by atoms with E-state index in [1.54, 1.807) is 12.3 Å². The number of morpholine rings is 1. The largest absolute Gasteiger partial charge is 0.434 e.